The fourth-order valence-electron chi connectivity index (χ4n) is 9.68. The second-order valence-electron chi connectivity index (χ2n) is 15.9. The number of carbonyl (C=O) groups is 4. The van der Waals surface area contributed by atoms with E-state index in [1.807, 2.05) is 22.2 Å². The van der Waals surface area contributed by atoms with Crippen LogP contribution in [-0.4, -0.2) is 93.1 Å². The number of hydrogen-bond donors (Lipinski definition) is 4. The van der Waals surface area contributed by atoms with Gasteiger partial charge in [0, 0.05) is 18.7 Å². The zero-order chi connectivity index (χ0) is 39.8. The zero-order valence-electron chi connectivity index (χ0n) is 33.1. The number of hydrogen-bond acceptors (Lipinski definition) is 8. The van der Waals surface area contributed by atoms with E-state index in [-0.39, 0.29) is 23.9 Å². The molecular weight excluding hydrogens is 725 g/mol. The number of alkyl carbamates (subject to hydrolysis) is 2. The highest BCUT2D eigenvalue weighted by atomic mass is 16.5. The summed E-state index contributed by atoms with van der Waals surface area (Å²) in [6, 6.07) is 11.3. The van der Waals surface area contributed by atoms with Crippen LogP contribution >= 0.6 is 0 Å². The molecule has 2 saturated heterocycles. The van der Waals surface area contributed by atoms with Gasteiger partial charge < -0.3 is 39.9 Å². The number of imidazole rings is 2. The second-order valence-corrected chi connectivity index (χ2v) is 15.9. The Hall–Kier alpha value is -5.66. The Morgan fingerprint density at radius 2 is 1.12 bits per heavy atom. The van der Waals surface area contributed by atoms with Gasteiger partial charge in [0.2, 0.25) is 11.8 Å². The molecule has 2 aromatic heterocycles. The minimum Gasteiger partial charge on any atom is -0.453 e. The summed E-state index contributed by atoms with van der Waals surface area (Å²) in [5, 5.41) is 5.22. The Morgan fingerprint density at radius 1 is 0.649 bits per heavy atom. The Balaban J connectivity index is 1.02. The number of nitrogens with one attached hydrogen (secondary N) is 4. The van der Waals surface area contributed by atoms with Crippen LogP contribution in [-0.2, 0) is 19.1 Å². The van der Waals surface area contributed by atoms with E-state index in [1.54, 1.807) is 13.8 Å². The average Bonchev–Trinajstić information content (AvgIpc) is 4.09. The van der Waals surface area contributed by atoms with Crippen LogP contribution in [0.5, 0.6) is 0 Å². The van der Waals surface area contributed by atoms with Crippen molar-refractivity contribution >= 4 is 24.0 Å². The molecule has 0 spiro atoms. The Morgan fingerprint density at radius 3 is 1.67 bits per heavy atom. The average molecular weight is 777 g/mol. The highest BCUT2D eigenvalue weighted by Crippen LogP contribution is 2.58. The van der Waals surface area contributed by atoms with Crippen molar-refractivity contribution in [3.63, 3.8) is 0 Å². The van der Waals surface area contributed by atoms with Crippen LogP contribution in [0, 0.1) is 0 Å². The molecule has 2 aliphatic carbocycles. The third kappa shape index (κ3) is 7.37. The van der Waals surface area contributed by atoms with Gasteiger partial charge in [0.05, 0.1) is 50.1 Å². The lowest BCUT2D eigenvalue weighted by atomic mass is 9.82. The summed E-state index contributed by atoms with van der Waals surface area (Å²) >= 11 is 0. The van der Waals surface area contributed by atoms with Gasteiger partial charge in [-0.1, -0.05) is 36.4 Å². The van der Waals surface area contributed by atoms with Gasteiger partial charge in [0.1, 0.15) is 23.7 Å². The highest BCUT2D eigenvalue weighted by molar-refractivity contribution is 5.86. The van der Waals surface area contributed by atoms with Gasteiger partial charge in [-0.3, -0.25) is 9.59 Å². The quantitative estimate of drug-likeness (QED) is 0.139. The monoisotopic (exact) mass is 776 g/mol. The van der Waals surface area contributed by atoms with E-state index >= 15 is 0 Å². The fraction of sp³-hybridized carbons (Fsp3) is 0.488. The molecule has 4 aliphatic rings. The number of aromatic amines is 2. The number of aromatic nitrogens is 4. The van der Waals surface area contributed by atoms with E-state index in [4.69, 9.17) is 19.4 Å². The third-order valence-electron chi connectivity index (χ3n) is 12.5. The number of nitrogens with zero attached hydrogens (tertiary/aromatic N) is 4. The molecule has 6 atom stereocenters. The molecule has 1 saturated carbocycles. The molecule has 300 valence electrons. The van der Waals surface area contributed by atoms with Crippen molar-refractivity contribution in [2.45, 2.75) is 108 Å². The minimum atomic E-state index is -0.708. The molecule has 8 rings (SSSR count). The van der Waals surface area contributed by atoms with Gasteiger partial charge in [-0.05, 0) is 111 Å². The third-order valence-corrected chi connectivity index (χ3v) is 12.5. The number of piperidine rings is 2. The summed E-state index contributed by atoms with van der Waals surface area (Å²) in [4.78, 5) is 70.8. The van der Waals surface area contributed by atoms with Crippen LogP contribution in [0.15, 0.2) is 48.8 Å². The molecule has 4 N–H and O–H groups in total. The van der Waals surface area contributed by atoms with Crippen LogP contribution in [0.2, 0.25) is 0 Å². The van der Waals surface area contributed by atoms with E-state index < -0.39 is 24.3 Å². The number of likely N-dealkylation sites (tertiary alicyclic amines) is 2. The van der Waals surface area contributed by atoms with E-state index in [1.165, 1.54) is 54.9 Å². The van der Waals surface area contributed by atoms with Crippen molar-refractivity contribution in [2.75, 3.05) is 27.3 Å². The maximum absolute atomic E-state index is 13.5. The van der Waals surface area contributed by atoms with Gasteiger partial charge in [0.25, 0.3) is 0 Å². The molecule has 14 heteroatoms. The first kappa shape index (κ1) is 38.2. The Kier molecular flexibility index (Phi) is 10.8. The van der Waals surface area contributed by atoms with E-state index in [2.05, 4.69) is 57.0 Å². The first-order valence-electron chi connectivity index (χ1n) is 20.3. The first-order valence-corrected chi connectivity index (χ1v) is 20.3. The number of benzene rings is 2. The van der Waals surface area contributed by atoms with Crippen molar-refractivity contribution in [3.05, 3.63) is 71.6 Å². The van der Waals surface area contributed by atoms with Gasteiger partial charge in [-0.25, -0.2) is 19.6 Å². The maximum Gasteiger partial charge on any atom is 0.407 e. The molecule has 3 fully saturated rings. The summed E-state index contributed by atoms with van der Waals surface area (Å²) < 4.78 is 9.42. The number of carbonyl (C=O) groups excluding carboxylic acids is 4. The predicted molar refractivity (Wildman–Crippen MR) is 213 cm³/mol. The van der Waals surface area contributed by atoms with Crippen LogP contribution in [0.4, 0.5) is 9.59 Å². The van der Waals surface area contributed by atoms with Gasteiger partial charge >= 0.3 is 12.2 Å². The molecule has 14 nitrogen and oxygen atoms in total. The SMILES string of the molecule is COC(=O)N[C@@H](C)C(=O)N1CCCC[C@H]1c1ncc(-c2ccc(-c3ccc(-c4cnc([C@@H]5CCCCN5C(=O)[C@H](C)NC(=O)OC)[nH]4)c4c3C3CCC4C3)cc2)[nH]1. The van der Waals surface area contributed by atoms with E-state index in [0.717, 1.165) is 73.5 Å². The maximum atomic E-state index is 13.5. The number of fused-ring (bicyclic) bond motifs is 5. The van der Waals surface area contributed by atoms with E-state index in [0.29, 0.717) is 24.9 Å². The second kappa shape index (κ2) is 16.1. The molecule has 4 amide bonds. The van der Waals surface area contributed by atoms with Crippen LogP contribution in [0.1, 0.15) is 118 Å². The van der Waals surface area contributed by atoms with Crippen molar-refractivity contribution in [1.82, 2.24) is 40.4 Å². The lowest BCUT2D eigenvalue weighted by Crippen LogP contribution is -2.49. The molecule has 4 heterocycles. The first-order chi connectivity index (χ1) is 27.6. The number of amides is 4. The van der Waals surface area contributed by atoms with Crippen molar-refractivity contribution in [1.29, 1.82) is 0 Å². The Bertz CT molecular complexity index is 2140. The standard InChI is InChI=1S/C43H52N8O6/c1-24(46-42(54)56-3)40(52)50-19-7-5-9-34(50)38-44-22-32(48-38)27-13-11-26(12-14-27)30-17-18-31(37-29-16-15-28(21-29)36(30)37)33-23-45-39(49-33)35-10-6-8-20-51(35)41(53)25(2)47-43(55)57-4/h11-14,17-18,22-25,28-29,34-35H,5-10,15-16,19-21H2,1-4H3,(H,44,48)(H,45,49)(H,46,54)(H,47,55)/t24-,25-,28?,29?,34-,35-/m0/s1. The van der Waals surface area contributed by atoms with Crippen molar-refractivity contribution in [2.24, 2.45) is 0 Å². The topological polar surface area (TPSA) is 175 Å². The number of methoxy groups -OCH3 is 2. The summed E-state index contributed by atoms with van der Waals surface area (Å²) in [6.45, 7) is 4.57. The number of ether oxygens (including phenoxy) is 2. The van der Waals surface area contributed by atoms with Crippen LogP contribution < -0.4 is 10.6 Å². The van der Waals surface area contributed by atoms with E-state index in [9.17, 15) is 19.2 Å². The molecule has 0 radical (unpaired) electrons. The smallest absolute Gasteiger partial charge is 0.407 e. The summed E-state index contributed by atoms with van der Waals surface area (Å²) in [5.41, 5.74) is 9.33. The molecule has 2 aliphatic heterocycles. The lowest BCUT2D eigenvalue weighted by molar-refractivity contribution is -0.137. The highest BCUT2D eigenvalue weighted by Gasteiger charge is 2.41. The molecule has 2 unspecified atom stereocenters. The summed E-state index contributed by atoms with van der Waals surface area (Å²) in [7, 11) is 2.58. The van der Waals surface area contributed by atoms with Crippen LogP contribution in [0.25, 0.3) is 33.6 Å². The normalized spacial score (nSPS) is 22.4. The van der Waals surface area contributed by atoms with Gasteiger partial charge in [-0.2, -0.15) is 0 Å². The Labute approximate surface area is 332 Å². The molecule has 2 aromatic carbocycles. The molecule has 2 bridgehead atoms. The number of rotatable bonds is 9. The van der Waals surface area contributed by atoms with Crippen molar-refractivity contribution < 1.29 is 28.7 Å². The fourth-order valence-corrected chi connectivity index (χ4v) is 9.68. The predicted octanol–water partition coefficient (Wildman–Crippen LogP) is 7.09. The largest absolute Gasteiger partial charge is 0.453 e. The minimum absolute atomic E-state index is 0.145. The summed E-state index contributed by atoms with van der Waals surface area (Å²) in [6.07, 6.45) is 11.4. The molecule has 4 aromatic rings. The van der Waals surface area contributed by atoms with Gasteiger partial charge in [-0.15, -0.1) is 0 Å². The van der Waals surface area contributed by atoms with Crippen molar-refractivity contribution in [3.8, 4) is 33.6 Å². The number of H-pyrrole nitrogens is 2. The zero-order valence-corrected chi connectivity index (χ0v) is 33.1. The molecule has 57 heavy (non-hydrogen) atoms. The van der Waals surface area contributed by atoms with Crippen LogP contribution in [0.3, 0.4) is 0 Å². The summed E-state index contributed by atoms with van der Waals surface area (Å²) in [5.74, 6) is 2.23. The molecular formula is C43H52N8O6. The van der Waals surface area contributed by atoms with Gasteiger partial charge in [0.15, 0.2) is 0 Å². The lowest BCUT2D eigenvalue weighted by Gasteiger charge is -2.36.